The number of imide groups is 1. The first-order valence-corrected chi connectivity index (χ1v) is 5.86. The number of pyridine rings is 1. The number of carbonyl (C=O) groups is 3. The van der Waals surface area contributed by atoms with Crippen molar-refractivity contribution in [3.8, 4) is 0 Å². The Morgan fingerprint density at radius 3 is 2.86 bits per heavy atom. The third kappa shape index (κ3) is 2.63. The summed E-state index contributed by atoms with van der Waals surface area (Å²) in [5.41, 5.74) is 4.57. The van der Waals surface area contributed by atoms with E-state index in [1.807, 2.05) is 0 Å². The number of nitro groups is 1. The summed E-state index contributed by atoms with van der Waals surface area (Å²) in [6.45, 7) is 1.04. The highest BCUT2D eigenvalue weighted by atomic mass is 16.6. The molecule has 0 aliphatic carbocycles. The largest absolute Gasteiger partial charge is 0.384 e. The van der Waals surface area contributed by atoms with Gasteiger partial charge in [-0.2, -0.15) is 0 Å². The van der Waals surface area contributed by atoms with E-state index >= 15 is 0 Å². The van der Waals surface area contributed by atoms with Crippen molar-refractivity contribution in [2.75, 3.05) is 12.3 Å². The van der Waals surface area contributed by atoms with Gasteiger partial charge in [-0.05, 0) is 13.0 Å². The van der Waals surface area contributed by atoms with Crippen molar-refractivity contribution in [2.24, 2.45) is 0 Å². The van der Waals surface area contributed by atoms with Crippen LogP contribution in [0, 0.1) is 10.1 Å². The Balaban J connectivity index is 2.44. The maximum absolute atomic E-state index is 12.4. The molecule has 1 aliphatic rings. The normalized spacial score (nSPS) is 18.3. The van der Waals surface area contributed by atoms with Crippen LogP contribution in [0.1, 0.15) is 17.3 Å². The van der Waals surface area contributed by atoms with Crippen LogP contribution >= 0.6 is 0 Å². The third-order valence-corrected chi connectivity index (χ3v) is 3.02. The molecule has 3 N–H and O–H groups in total. The standard InChI is InChI=1S/C11H11N5O5/c1-5-10(18)14-9(17)4-15(5)11(19)6-2-8(12)13-3-7(6)16(20)21/h2-3,5H,4H2,1H3,(H2,12,13)(H,14,17,18). The van der Waals surface area contributed by atoms with Gasteiger partial charge in [0.1, 0.15) is 30.2 Å². The van der Waals surface area contributed by atoms with Gasteiger partial charge in [0.15, 0.2) is 0 Å². The van der Waals surface area contributed by atoms with Crippen molar-refractivity contribution in [1.82, 2.24) is 15.2 Å². The molecule has 2 heterocycles. The van der Waals surface area contributed by atoms with E-state index in [9.17, 15) is 24.5 Å². The lowest BCUT2D eigenvalue weighted by molar-refractivity contribution is -0.385. The Hall–Kier alpha value is -3.04. The molecule has 0 spiro atoms. The van der Waals surface area contributed by atoms with Gasteiger partial charge in [0.25, 0.3) is 11.6 Å². The molecule has 0 bridgehead atoms. The van der Waals surface area contributed by atoms with E-state index < -0.39 is 34.4 Å². The molecular weight excluding hydrogens is 282 g/mol. The smallest absolute Gasteiger partial charge is 0.300 e. The molecule has 0 saturated carbocycles. The molecule has 1 aliphatic heterocycles. The van der Waals surface area contributed by atoms with Gasteiger partial charge in [-0.1, -0.05) is 0 Å². The maximum Gasteiger partial charge on any atom is 0.300 e. The van der Waals surface area contributed by atoms with Gasteiger partial charge in [-0.3, -0.25) is 29.8 Å². The quantitative estimate of drug-likeness (QED) is 0.406. The van der Waals surface area contributed by atoms with E-state index in [0.29, 0.717) is 0 Å². The van der Waals surface area contributed by atoms with E-state index in [1.54, 1.807) is 0 Å². The summed E-state index contributed by atoms with van der Waals surface area (Å²) in [5.74, 6) is -2.21. The van der Waals surface area contributed by atoms with Crippen LogP contribution in [0.2, 0.25) is 0 Å². The molecule has 1 unspecified atom stereocenters. The Labute approximate surface area is 118 Å². The molecule has 1 saturated heterocycles. The number of nitrogens with one attached hydrogen (secondary N) is 1. The molecule has 10 heteroatoms. The number of carbonyl (C=O) groups excluding carboxylic acids is 3. The van der Waals surface area contributed by atoms with Gasteiger partial charge in [0.2, 0.25) is 11.8 Å². The summed E-state index contributed by atoms with van der Waals surface area (Å²) in [6, 6.07) is 0.119. The van der Waals surface area contributed by atoms with Crippen molar-refractivity contribution in [2.45, 2.75) is 13.0 Å². The minimum Gasteiger partial charge on any atom is -0.384 e. The number of aromatic nitrogens is 1. The molecule has 1 fully saturated rings. The number of rotatable bonds is 2. The molecule has 21 heavy (non-hydrogen) atoms. The second kappa shape index (κ2) is 5.15. The van der Waals surface area contributed by atoms with Crippen LogP contribution in [0.15, 0.2) is 12.3 Å². The van der Waals surface area contributed by atoms with E-state index in [-0.39, 0.29) is 17.9 Å². The molecule has 1 aromatic rings. The second-order valence-corrected chi connectivity index (χ2v) is 4.40. The molecule has 1 atom stereocenters. The summed E-state index contributed by atoms with van der Waals surface area (Å²) >= 11 is 0. The highest BCUT2D eigenvalue weighted by Crippen LogP contribution is 2.22. The van der Waals surface area contributed by atoms with Crippen LogP contribution in [0.25, 0.3) is 0 Å². The summed E-state index contributed by atoms with van der Waals surface area (Å²) < 4.78 is 0. The number of nitrogens with zero attached hydrogens (tertiary/aromatic N) is 3. The van der Waals surface area contributed by atoms with Gasteiger partial charge < -0.3 is 10.6 Å². The molecule has 2 rings (SSSR count). The Kier molecular flexibility index (Phi) is 3.52. The van der Waals surface area contributed by atoms with Crippen molar-refractivity contribution >= 4 is 29.2 Å². The Morgan fingerprint density at radius 1 is 1.57 bits per heavy atom. The van der Waals surface area contributed by atoms with Gasteiger partial charge in [-0.25, -0.2) is 4.98 Å². The lowest BCUT2D eigenvalue weighted by atomic mass is 10.1. The molecule has 110 valence electrons. The number of anilines is 1. The molecule has 3 amide bonds. The fourth-order valence-corrected chi connectivity index (χ4v) is 1.90. The summed E-state index contributed by atoms with van der Waals surface area (Å²) in [4.78, 5) is 49.9. The third-order valence-electron chi connectivity index (χ3n) is 3.02. The number of amides is 3. The van der Waals surface area contributed by atoms with Crippen LogP contribution in [0.4, 0.5) is 11.5 Å². The number of hydrogen-bond acceptors (Lipinski definition) is 7. The lowest BCUT2D eigenvalue weighted by Crippen LogP contribution is -2.58. The lowest BCUT2D eigenvalue weighted by Gasteiger charge is -2.31. The minimum atomic E-state index is -0.927. The highest BCUT2D eigenvalue weighted by Gasteiger charge is 2.36. The van der Waals surface area contributed by atoms with Gasteiger partial charge >= 0.3 is 0 Å². The zero-order valence-electron chi connectivity index (χ0n) is 10.9. The monoisotopic (exact) mass is 293 g/mol. The molecular formula is C11H11N5O5. The SMILES string of the molecule is CC1C(=O)NC(=O)CN1C(=O)c1cc(N)ncc1[N+](=O)[O-]. The van der Waals surface area contributed by atoms with Crippen LogP contribution in [-0.2, 0) is 9.59 Å². The van der Waals surface area contributed by atoms with Crippen LogP contribution in [0.3, 0.4) is 0 Å². The molecule has 0 radical (unpaired) electrons. The zero-order chi connectivity index (χ0) is 15.7. The van der Waals surface area contributed by atoms with E-state index in [0.717, 1.165) is 17.2 Å². The van der Waals surface area contributed by atoms with Crippen molar-refractivity contribution < 1.29 is 19.3 Å². The van der Waals surface area contributed by atoms with Crippen LogP contribution in [-0.4, -0.2) is 45.1 Å². The van der Waals surface area contributed by atoms with Crippen molar-refractivity contribution in [3.05, 3.63) is 27.9 Å². The molecule has 1 aromatic heterocycles. The van der Waals surface area contributed by atoms with Gasteiger partial charge in [0, 0.05) is 0 Å². The summed E-state index contributed by atoms with van der Waals surface area (Å²) in [7, 11) is 0. The van der Waals surface area contributed by atoms with Crippen LogP contribution < -0.4 is 11.1 Å². The minimum absolute atomic E-state index is 0.0793. The predicted octanol–water partition coefficient (Wildman–Crippen LogP) is -0.941. The first-order chi connectivity index (χ1) is 9.81. The second-order valence-electron chi connectivity index (χ2n) is 4.40. The first-order valence-electron chi connectivity index (χ1n) is 5.86. The number of piperazine rings is 1. The van der Waals surface area contributed by atoms with E-state index in [2.05, 4.69) is 10.3 Å². The molecule has 0 aromatic carbocycles. The average molecular weight is 293 g/mol. The highest BCUT2D eigenvalue weighted by molar-refractivity contribution is 6.08. The summed E-state index contributed by atoms with van der Waals surface area (Å²) in [5, 5.41) is 13.0. The maximum atomic E-state index is 12.4. The topological polar surface area (TPSA) is 149 Å². The molecule has 10 nitrogen and oxygen atoms in total. The average Bonchev–Trinajstić information content (AvgIpc) is 2.41. The van der Waals surface area contributed by atoms with E-state index in [4.69, 9.17) is 5.73 Å². The fourth-order valence-electron chi connectivity index (χ4n) is 1.90. The van der Waals surface area contributed by atoms with Gasteiger partial charge in [0.05, 0.1) is 4.92 Å². The Bertz CT molecular complexity index is 658. The van der Waals surface area contributed by atoms with Crippen molar-refractivity contribution in [3.63, 3.8) is 0 Å². The number of nitrogen functional groups attached to an aromatic ring is 1. The Morgan fingerprint density at radius 2 is 2.24 bits per heavy atom. The zero-order valence-corrected chi connectivity index (χ0v) is 10.9. The van der Waals surface area contributed by atoms with E-state index in [1.165, 1.54) is 6.92 Å². The summed E-state index contributed by atoms with van der Waals surface area (Å²) in [6.07, 6.45) is 0.860. The fraction of sp³-hybridized carbons (Fsp3) is 0.273. The number of hydrogen-bond donors (Lipinski definition) is 2. The predicted molar refractivity (Wildman–Crippen MR) is 69.0 cm³/mol. The van der Waals surface area contributed by atoms with Crippen LogP contribution in [0.5, 0.6) is 0 Å². The van der Waals surface area contributed by atoms with Gasteiger partial charge in [-0.15, -0.1) is 0 Å². The number of nitrogens with two attached hydrogens (primary N) is 1. The first kappa shape index (κ1) is 14.4. The van der Waals surface area contributed by atoms with Crippen molar-refractivity contribution in [1.29, 1.82) is 0 Å².